The van der Waals surface area contributed by atoms with Crippen LogP contribution in [0.2, 0.25) is 0 Å². The molecule has 0 bridgehead atoms. The number of nitrogens with one attached hydrogen (secondary N) is 1. The van der Waals surface area contributed by atoms with Crippen LogP contribution in [-0.2, 0) is 0 Å². The van der Waals surface area contributed by atoms with Crippen molar-refractivity contribution in [1.29, 1.82) is 0 Å². The molecule has 2 atom stereocenters. The van der Waals surface area contributed by atoms with Gasteiger partial charge in [-0.25, -0.2) is 0 Å². The van der Waals surface area contributed by atoms with Gasteiger partial charge in [0.1, 0.15) is 0 Å². The third kappa shape index (κ3) is 3.79. The predicted octanol–water partition coefficient (Wildman–Crippen LogP) is 2.97. The van der Waals surface area contributed by atoms with Gasteiger partial charge in [0, 0.05) is 18.4 Å². The summed E-state index contributed by atoms with van der Waals surface area (Å²) >= 11 is 0. The molecule has 0 saturated heterocycles. The Morgan fingerprint density at radius 1 is 1.41 bits per heavy atom. The molecule has 0 aliphatic rings. The van der Waals surface area contributed by atoms with Crippen molar-refractivity contribution in [2.24, 2.45) is 17.2 Å². The number of hydrogen-bond donors (Lipinski definition) is 2. The molecule has 3 nitrogen and oxygen atoms in total. The van der Waals surface area contributed by atoms with Gasteiger partial charge in [-0.1, -0.05) is 27.7 Å². The molecule has 3 N–H and O–H groups in total. The summed E-state index contributed by atoms with van der Waals surface area (Å²) in [5.41, 5.74) is 5.66. The highest BCUT2D eigenvalue weighted by Crippen LogP contribution is 2.33. The zero-order chi connectivity index (χ0) is 13.1. The third-order valence-electron chi connectivity index (χ3n) is 3.72. The molecule has 1 heterocycles. The molecular weight excluding hydrogens is 210 g/mol. The van der Waals surface area contributed by atoms with Crippen LogP contribution in [0.5, 0.6) is 0 Å². The van der Waals surface area contributed by atoms with Crippen LogP contribution in [0.1, 0.15) is 51.3 Å². The lowest BCUT2D eigenvalue weighted by atomic mass is 9.77. The van der Waals surface area contributed by atoms with Crippen molar-refractivity contribution in [3.05, 3.63) is 29.6 Å². The maximum absolute atomic E-state index is 5.69. The van der Waals surface area contributed by atoms with Gasteiger partial charge in [-0.3, -0.25) is 16.3 Å². The van der Waals surface area contributed by atoms with E-state index in [-0.39, 0.29) is 6.04 Å². The number of aryl methyl sites for hydroxylation is 1. The zero-order valence-electron chi connectivity index (χ0n) is 11.6. The zero-order valence-corrected chi connectivity index (χ0v) is 11.6. The highest BCUT2D eigenvalue weighted by atomic mass is 15.2. The van der Waals surface area contributed by atoms with Gasteiger partial charge in [0.2, 0.25) is 0 Å². The second kappa shape index (κ2) is 5.61. The van der Waals surface area contributed by atoms with Crippen LogP contribution in [0.15, 0.2) is 18.5 Å². The fourth-order valence-electron chi connectivity index (χ4n) is 1.83. The van der Waals surface area contributed by atoms with Crippen molar-refractivity contribution in [2.45, 2.75) is 47.1 Å². The minimum absolute atomic E-state index is 0.179. The molecule has 0 aliphatic heterocycles. The van der Waals surface area contributed by atoms with Gasteiger partial charge in [-0.15, -0.1) is 0 Å². The number of hydrogen-bond acceptors (Lipinski definition) is 3. The van der Waals surface area contributed by atoms with Crippen LogP contribution in [0.3, 0.4) is 0 Å². The number of rotatable bonds is 4. The molecule has 1 rings (SSSR count). The Hall–Kier alpha value is -0.930. The predicted molar refractivity (Wildman–Crippen MR) is 72.3 cm³/mol. The molecule has 0 aliphatic carbocycles. The van der Waals surface area contributed by atoms with Gasteiger partial charge in [-0.2, -0.15) is 0 Å². The van der Waals surface area contributed by atoms with Gasteiger partial charge in [0.15, 0.2) is 0 Å². The Balaban J connectivity index is 2.83. The second-order valence-electron chi connectivity index (χ2n) is 5.95. The summed E-state index contributed by atoms with van der Waals surface area (Å²) in [7, 11) is 0. The Kier molecular flexibility index (Phi) is 4.66. The first-order valence-corrected chi connectivity index (χ1v) is 6.23. The fraction of sp³-hybridized carbons (Fsp3) is 0.643. The summed E-state index contributed by atoms with van der Waals surface area (Å²) in [5, 5.41) is 0. The average Bonchev–Trinajstić information content (AvgIpc) is 2.25. The Morgan fingerprint density at radius 2 is 2.06 bits per heavy atom. The monoisotopic (exact) mass is 235 g/mol. The van der Waals surface area contributed by atoms with Crippen molar-refractivity contribution >= 4 is 0 Å². The molecule has 0 spiro atoms. The minimum atomic E-state index is 0.179. The molecule has 0 saturated carbocycles. The highest BCUT2D eigenvalue weighted by Gasteiger charge is 2.24. The maximum Gasteiger partial charge on any atom is 0.0480 e. The van der Waals surface area contributed by atoms with Gasteiger partial charge < -0.3 is 0 Å². The second-order valence-corrected chi connectivity index (χ2v) is 5.95. The normalized spacial score (nSPS) is 15.6. The van der Waals surface area contributed by atoms with Crippen molar-refractivity contribution in [3.63, 3.8) is 0 Å². The standard InChI is InChI=1S/C14H25N3/c1-10-6-7-16-9-12(10)13(17-15)8-11(2)14(3,4)5/h6-7,9,11,13,17H,8,15H2,1-5H3. The number of nitrogens with zero attached hydrogens (tertiary/aromatic N) is 1. The smallest absolute Gasteiger partial charge is 0.0480 e. The summed E-state index contributed by atoms with van der Waals surface area (Å²) in [6.07, 6.45) is 4.75. The Morgan fingerprint density at radius 3 is 2.53 bits per heavy atom. The van der Waals surface area contributed by atoms with E-state index in [1.807, 2.05) is 18.5 Å². The molecule has 96 valence electrons. The van der Waals surface area contributed by atoms with Crippen LogP contribution in [0.25, 0.3) is 0 Å². The fourth-order valence-corrected chi connectivity index (χ4v) is 1.83. The van der Waals surface area contributed by atoms with E-state index < -0.39 is 0 Å². The summed E-state index contributed by atoms with van der Waals surface area (Å²) in [6.45, 7) is 11.2. The Bertz CT molecular complexity index is 355. The van der Waals surface area contributed by atoms with E-state index in [0.717, 1.165) is 6.42 Å². The first kappa shape index (κ1) is 14.1. The molecule has 3 heteroatoms. The third-order valence-corrected chi connectivity index (χ3v) is 3.72. The summed E-state index contributed by atoms with van der Waals surface area (Å²) in [4.78, 5) is 4.19. The largest absolute Gasteiger partial charge is 0.271 e. The van der Waals surface area contributed by atoms with Gasteiger partial charge in [-0.05, 0) is 41.9 Å². The lowest BCUT2D eigenvalue weighted by molar-refractivity contribution is 0.223. The van der Waals surface area contributed by atoms with Crippen LogP contribution in [0, 0.1) is 18.3 Å². The first-order valence-electron chi connectivity index (χ1n) is 6.23. The van der Waals surface area contributed by atoms with Crippen molar-refractivity contribution in [2.75, 3.05) is 0 Å². The van der Waals surface area contributed by atoms with E-state index in [1.165, 1.54) is 11.1 Å². The molecule has 0 amide bonds. The van der Waals surface area contributed by atoms with E-state index in [9.17, 15) is 0 Å². The highest BCUT2D eigenvalue weighted by molar-refractivity contribution is 5.25. The van der Waals surface area contributed by atoms with E-state index >= 15 is 0 Å². The Labute approximate surface area is 105 Å². The van der Waals surface area contributed by atoms with E-state index in [1.54, 1.807) is 0 Å². The minimum Gasteiger partial charge on any atom is -0.271 e. The van der Waals surface area contributed by atoms with Gasteiger partial charge in [0.25, 0.3) is 0 Å². The SMILES string of the molecule is Cc1ccncc1C(CC(C)C(C)(C)C)NN. The lowest BCUT2D eigenvalue weighted by Crippen LogP contribution is -2.32. The number of hydrazine groups is 1. The van der Waals surface area contributed by atoms with E-state index in [0.29, 0.717) is 11.3 Å². The van der Waals surface area contributed by atoms with Gasteiger partial charge in [0.05, 0.1) is 0 Å². The quantitative estimate of drug-likeness (QED) is 0.623. The number of pyridine rings is 1. The van der Waals surface area contributed by atoms with Crippen molar-refractivity contribution < 1.29 is 0 Å². The van der Waals surface area contributed by atoms with Crippen LogP contribution < -0.4 is 11.3 Å². The molecule has 0 radical (unpaired) electrons. The molecule has 0 aromatic carbocycles. The summed E-state index contributed by atoms with van der Waals surface area (Å²) < 4.78 is 0. The molecule has 1 aromatic heterocycles. The molecule has 17 heavy (non-hydrogen) atoms. The van der Waals surface area contributed by atoms with Crippen LogP contribution >= 0.6 is 0 Å². The molecular formula is C14H25N3. The number of nitrogens with two attached hydrogens (primary N) is 1. The summed E-state index contributed by atoms with van der Waals surface area (Å²) in [5.74, 6) is 6.27. The maximum atomic E-state index is 5.69. The molecule has 0 fully saturated rings. The molecule has 1 aromatic rings. The van der Waals surface area contributed by atoms with Gasteiger partial charge >= 0.3 is 0 Å². The topological polar surface area (TPSA) is 50.9 Å². The first-order chi connectivity index (χ1) is 7.86. The van der Waals surface area contributed by atoms with Crippen molar-refractivity contribution in [3.8, 4) is 0 Å². The van der Waals surface area contributed by atoms with E-state index in [4.69, 9.17) is 5.84 Å². The van der Waals surface area contributed by atoms with Crippen LogP contribution in [0.4, 0.5) is 0 Å². The average molecular weight is 235 g/mol. The van der Waals surface area contributed by atoms with E-state index in [2.05, 4.69) is 45.0 Å². The molecule has 2 unspecified atom stereocenters. The lowest BCUT2D eigenvalue weighted by Gasteiger charge is -2.31. The van der Waals surface area contributed by atoms with Crippen LogP contribution in [-0.4, -0.2) is 4.98 Å². The summed E-state index contributed by atoms with van der Waals surface area (Å²) in [6, 6.07) is 2.21. The van der Waals surface area contributed by atoms with Crippen molar-refractivity contribution in [1.82, 2.24) is 10.4 Å². The number of aromatic nitrogens is 1.